The minimum Gasteiger partial charge on any atom is -0.465 e. The number of furan rings is 1. The molecule has 0 saturated carbocycles. The molecule has 26 heavy (non-hydrogen) atoms. The van der Waals surface area contributed by atoms with Crippen molar-refractivity contribution in [3.8, 4) is 11.4 Å². The monoisotopic (exact) mass is 352 g/mol. The van der Waals surface area contributed by atoms with E-state index in [2.05, 4.69) is 20.8 Å². The molecule has 7 nitrogen and oxygen atoms in total. The third-order valence-corrected chi connectivity index (χ3v) is 3.74. The topological polar surface area (TPSA) is 93.2 Å². The molecule has 0 saturated heterocycles. The number of carbonyl (C=O) groups is 1. The fourth-order valence-electron chi connectivity index (χ4n) is 2.19. The average molecular weight is 352 g/mol. The molecular formula is C19H20N4O3. The Balaban J connectivity index is 1.69. The quantitative estimate of drug-likeness (QED) is 0.685. The van der Waals surface area contributed by atoms with Crippen molar-refractivity contribution in [1.82, 2.24) is 15.5 Å². The van der Waals surface area contributed by atoms with Gasteiger partial charge in [-0.3, -0.25) is 0 Å². The molecule has 3 aromatic rings. The maximum atomic E-state index is 11.9. The van der Waals surface area contributed by atoms with Gasteiger partial charge < -0.3 is 19.6 Å². The standard InChI is InChI=1S/C19H20N4O3/c1-3-13(2)20-19(24)21-15-7-4-6-14(12-15)18-22-17(26-23-18)10-9-16-8-5-11-25-16/h4-13H,3H2,1-2H3,(H2,20,21,24)/b10-9+/t13-/m0/s1. The molecule has 134 valence electrons. The van der Waals surface area contributed by atoms with Gasteiger partial charge in [0, 0.05) is 23.4 Å². The Labute approximate surface area is 151 Å². The first kappa shape index (κ1) is 17.5. The van der Waals surface area contributed by atoms with E-state index in [1.54, 1.807) is 36.6 Å². The van der Waals surface area contributed by atoms with Crippen LogP contribution in [0.1, 0.15) is 31.9 Å². The summed E-state index contributed by atoms with van der Waals surface area (Å²) in [4.78, 5) is 16.3. The summed E-state index contributed by atoms with van der Waals surface area (Å²) in [7, 11) is 0. The summed E-state index contributed by atoms with van der Waals surface area (Å²) in [5.74, 6) is 1.50. The number of anilines is 1. The molecule has 0 spiro atoms. The van der Waals surface area contributed by atoms with Crippen LogP contribution in [0.5, 0.6) is 0 Å². The SMILES string of the molecule is CC[C@H](C)NC(=O)Nc1cccc(-c2noc(/C=C/c3ccco3)n2)c1. The lowest BCUT2D eigenvalue weighted by molar-refractivity contribution is 0.249. The van der Waals surface area contributed by atoms with Crippen LogP contribution in [0.4, 0.5) is 10.5 Å². The molecular weight excluding hydrogens is 332 g/mol. The summed E-state index contributed by atoms with van der Waals surface area (Å²) in [6, 6.07) is 10.8. The Morgan fingerprint density at radius 2 is 2.15 bits per heavy atom. The van der Waals surface area contributed by atoms with E-state index >= 15 is 0 Å². The zero-order valence-corrected chi connectivity index (χ0v) is 14.6. The lowest BCUT2D eigenvalue weighted by Crippen LogP contribution is -2.35. The number of nitrogens with zero attached hydrogens (tertiary/aromatic N) is 2. The Hall–Kier alpha value is -3.35. The molecule has 1 atom stereocenters. The third-order valence-electron chi connectivity index (χ3n) is 3.74. The van der Waals surface area contributed by atoms with E-state index in [1.165, 1.54) is 0 Å². The van der Waals surface area contributed by atoms with Crippen LogP contribution in [0.2, 0.25) is 0 Å². The van der Waals surface area contributed by atoms with Gasteiger partial charge >= 0.3 is 6.03 Å². The van der Waals surface area contributed by atoms with Crippen molar-refractivity contribution in [2.45, 2.75) is 26.3 Å². The molecule has 2 N–H and O–H groups in total. The third kappa shape index (κ3) is 4.60. The Kier molecular flexibility index (Phi) is 5.48. The van der Waals surface area contributed by atoms with Gasteiger partial charge in [0.05, 0.1) is 6.26 Å². The van der Waals surface area contributed by atoms with Crippen LogP contribution in [0.3, 0.4) is 0 Å². The Morgan fingerprint density at radius 3 is 2.92 bits per heavy atom. The van der Waals surface area contributed by atoms with Crippen LogP contribution in [0.25, 0.3) is 23.5 Å². The van der Waals surface area contributed by atoms with Crippen LogP contribution in [-0.2, 0) is 0 Å². The second-order valence-corrected chi connectivity index (χ2v) is 5.79. The van der Waals surface area contributed by atoms with Crippen molar-refractivity contribution in [2.24, 2.45) is 0 Å². The van der Waals surface area contributed by atoms with E-state index in [0.29, 0.717) is 23.2 Å². The number of benzene rings is 1. The van der Waals surface area contributed by atoms with E-state index in [9.17, 15) is 4.79 Å². The Bertz CT molecular complexity index is 884. The van der Waals surface area contributed by atoms with Crippen molar-refractivity contribution in [1.29, 1.82) is 0 Å². The molecule has 0 bridgehead atoms. The maximum absolute atomic E-state index is 11.9. The number of hydrogen-bond acceptors (Lipinski definition) is 5. The highest BCUT2D eigenvalue weighted by atomic mass is 16.5. The van der Waals surface area contributed by atoms with Crippen molar-refractivity contribution in [2.75, 3.05) is 5.32 Å². The molecule has 2 aromatic heterocycles. The lowest BCUT2D eigenvalue weighted by Gasteiger charge is -2.12. The van der Waals surface area contributed by atoms with Crippen molar-refractivity contribution in [3.63, 3.8) is 0 Å². The van der Waals surface area contributed by atoms with Gasteiger partial charge in [-0.05, 0) is 43.7 Å². The number of rotatable bonds is 6. The van der Waals surface area contributed by atoms with Crippen molar-refractivity contribution >= 4 is 23.9 Å². The number of urea groups is 1. The van der Waals surface area contributed by atoms with Gasteiger partial charge in [0.15, 0.2) is 0 Å². The smallest absolute Gasteiger partial charge is 0.319 e. The predicted molar refractivity (Wildman–Crippen MR) is 99.3 cm³/mol. The summed E-state index contributed by atoms with van der Waals surface area (Å²) in [5.41, 5.74) is 1.40. The van der Waals surface area contributed by atoms with Gasteiger partial charge in [-0.1, -0.05) is 24.2 Å². The first-order chi connectivity index (χ1) is 12.6. The normalized spacial score (nSPS) is 12.2. The highest BCUT2D eigenvalue weighted by Crippen LogP contribution is 2.20. The second kappa shape index (κ2) is 8.15. The van der Waals surface area contributed by atoms with Crippen LogP contribution in [0.15, 0.2) is 51.6 Å². The predicted octanol–water partition coefficient (Wildman–Crippen LogP) is 4.42. The van der Waals surface area contributed by atoms with Gasteiger partial charge in [-0.25, -0.2) is 4.79 Å². The van der Waals surface area contributed by atoms with E-state index < -0.39 is 0 Å². The highest BCUT2D eigenvalue weighted by molar-refractivity contribution is 5.90. The van der Waals surface area contributed by atoms with E-state index in [0.717, 1.165) is 12.0 Å². The van der Waals surface area contributed by atoms with Crippen molar-refractivity contribution in [3.05, 3.63) is 54.3 Å². The zero-order chi connectivity index (χ0) is 18.4. The number of hydrogen-bond donors (Lipinski definition) is 2. The highest BCUT2D eigenvalue weighted by Gasteiger charge is 2.09. The van der Waals surface area contributed by atoms with Gasteiger partial charge in [0.25, 0.3) is 5.89 Å². The number of carbonyl (C=O) groups excluding carboxylic acids is 1. The molecule has 0 fully saturated rings. The lowest BCUT2D eigenvalue weighted by atomic mass is 10.2. The average Bonchev–Trinajstić information content (AvgIpc) is 3.31. The van der Waals surface area contributed by atoms with Crippen LogP contribution in [0, 0.1) is 0 Å². The van der Waals surface area contributed by atoms with Gasteiger partial charge in [0.2, 0.25) is 5.82 Å². The molecule has 7 heteroatoms. The van der Waals surface area contributed by atoms with Gasteiger partial charge in [-0.15, -0.1) is 0 Å². The van der Waals surface area contributed by atoms with E-state index in [-0.39, 0.29) is 12.1 Å². The molecule has 1 aromatic carbocycles. The largest absolute Gasteiger partial charge is 0.465 e. The summed E-state index contributed by atoms with van der Waals surface area (Å²) in [6.07, 6.45) is 5.88. The Morgan fingerprint density at radius 1 is 1.27 bits per heavy atom. The molecule has 2 amide bonds. The summed E-state index contributed by atoms with van der Waals surface area (Å²) in [5, 5.41) is 9.63. The van der Waals surface area contributed by atoms with E-state index in [1.807, 2.05) is 32.0 Å². The zero-order valence-electron chi connectivity index (χ0n) is 14.6. The minimum absolute atomic E-state index is 0.110. The summed E-state index contributed by atoms with van der Waals surface area (Å²) in [6.45, 7) is 3.97. The fourth-order valence-corrected chi connectivity index (χ4v) is 2.19. The molecule has 0 aliphatic heterocycles. The van der Waals surface area contributed by atoms with E-state index in [4.69, 9.17) is 8.94 Å². The number of nitrogens with one attached hydrogen (secondary N) is 2. The fraction of sp³-hybridized carbons (Fsp3) is 0.211. The van der Waals surface area contributed by atoms with Gasteiger partial charge in [0.1, 0.15) is 5.76 Å². The van der Waals surface area contributed by atoms with Crippen LogP contribution in [-0.4, -0.2) is 22.2 Å². The van der Waals surface area contributed by atoms with Crippen LogP contribution < -0.4 is 10.6 Å². The van der Waals surface area contributed by atoms with Crippen molar-refractivity contribution < 1.29 is 13.7 Å². The maximum Gasteiger partial charge on any atom is 0.319 e. The molecule has 0 aliphatic rings. The summed E-state index contributed by atoms with van der Waals surface area (Å²) >= 11 is 0. The second-order valence-electron chi connectivity index (χ2n) is 5.79. The molecule has 3 rings (SSSR count). The van der Waals surface area contributed by atoms with Crippen LogP contribution >= 0.6 is 0 Å². The number of amides is 2. The number of aromatic nitrogens is 2. The molecule has 0 aliphatic carbocycles. The minimum atomic E-state index is -0.244. The first-order valence-electron chi connectivity index (χ1n) is 8.37. The summed E-state index contributed by atoms with van der Waals surface area (Å²) < 4.78 is 10.4. The van der Waals surface area contributed by atoms with Gasteiger partial charge in [-0.2, -0.15) is 4.98 Å². The molecule has 0 unspecified atom stereocenters. The molecule has 0 radical (unpaired) electrons. The first-order valence-corrected chi connectivity index (χ1v) is 8.37. The molecule has 2 heterocycles.